The Bertz CT molecular complexity index is 915. The first-order valence-electron chi connectivity index (χ1n) is 11.1. The molecule has 0 aromatic heterocycles. The second kappa shape index (κ2) is 11.1. The van der Waals surface area contributed by atoms with Gasteiger partial charge in [0.15, 0.2) is 23.0 Å². The number of hydrogen-bond donors (Lipinski definition) is 1. The van der Waals surface area contributed by atoms with E-state index in [2.05, 4.69) is 4.90 Å². The van der Waals surface area contributed by atoms with Crippen molar-refractivity contribution in [3.05, 3.63) is 47.5 Å². The van der Waals surface area contributed by atoms with Gasteiger partial charge in [0.05, 0.1) is 39.4 Å². The zero-order valence-corrected chi connectivity index (χ0v) is 19.3. The second-order valence-electron chi connectivity index (χ2n) is 7.73. The molecule has 2 aromatic rings. The van der Waals surface area contributed by atoms with E-state index >= 15 is 0 Å². The molecule has 1 saturated heterocycles. The van der Waals surface area contributed by atoms with Gasteiger partial charge in [0.2, 0.25) is 0 Å². The van der Waals surface area contributed by atoms with Crippen LogP contribution < -0.4 is 18.9 Å². The Labute approximate surface area is 189 Å². The summed E-state index contributed by atoms with van der Waals surface area (Å²) in [7, 11) is 3.24. The molecule has 1 heterocycles. The lowest BCUT2D eigenvalue weighted by molar-refractivity contribution is -0.143. The van der Waals surface area contributed by atoms with Crippen LogP contribution in [0.2, 0.25) is 0 Å². The summed E-state index contributed by atoms with van der Waals surface area (Å²) < 4.78 is 22.9. The lowest BCUT2D eigenvalue weighted by Crippen LogP contribution is -2.41. The molecule has 0 bridgehead atoms. The minimum Gasteiger partial charge on any atom is -0.493 e. The van der Waals surface area contributed by atoms with Crippen molar-refractivity contribution in [2.45, 2.75) is 32.7 Å². The molecule has 2 atom stereocenters. The highest BCUT2D eigenvalue weighted by molar-refractivity contribution is 5.70. The van der Waals surface area contributed by atoms with E-state index < -0.39 is 11.9 Å². The summed E-state index contributed by atoms with van der Waals surface area (Å²) in [5.41, 5.74) is 1.90. The number of benzene rings is 2. The molecule has 1 fully saturated rings. The van der Waals surface area contributed by atoms with Crippen molar-refractivity contribution >= 4 is 5.97 Å². The number of carbonyl (C=O) groups is 1. The molecule has 2 aromatic carbocycles. The fourth-order valence-electron chi connectivity index (χ4n) is 4.39. The van der Waals surface area contributed by atoms with Crippen molar-refractivity contribution < 1.29 is 28.8 Å². The van der Waals surface area contributed by atoms with E-state index in [0.717, 1.165) is 24.1 Å². The Kier molecular flexibility index (Phi) is 8.22. The number of piperidine rings is 1. The van der Waals surface area contributed by atoms with Crippen molar-refractivity contribution in [2.75, 3.05) is 40.5 Å². The predicted octanol–water partition coefficient (Wildman–Crippen LogP) is 4.39. The maximum Gasteiger partial charge on any atom is 0.307 e. The highest BCUT2D eigenvalue weighted by Crippen LogP contribution is 2.43. The zero-order chi connectivity index (χ0) is 23.1. The van der Waals surface area contributed by atoms with Gasteiger partial charge >= 0.3 is 5.97 Å². The van der Waals surface area contributed by atoms with E-state index in [4.69, 9.17) is 18.9 Å². The first kappa shape index (κ1) is 23.7. The molecule has 0 radical (unpaired) electrons. The van der Waals surface area contributed by atoms with Crippen LogP contribution in [0.3, 0.4) is 0 Å². The molecule has 0 amide bonds. The van der Waals surface area contributed by atoms with Gasteiger partial charge in [-0.15, -0.1) is 0 Å². The molecule has 174 valence electrons. The van der Waals surface area contributed by atoms with Crippen LogP contribution in [0.25, 0.3) is 0 Å². The monoisotopic (exact) mass is 443 g/mol. The van der Waals surface area contributed by atoms with Crippen LogP contribution >= 0.6 is 0 Å². The van der Waals surface area contributed by atoms with Crippen molar-refractivity contribution in [2.24, 2.45) is 5.92 Å². The molecule has 7 nitrogen and oxygen atoms in total. The van der Waals surface area contributed by atoms with Gasteiger partial charge in [-0.05, 0) is 57.0 Å². The van der Waals surface area contributed by atoms with E-state index in [-0.39, 0.29) is 6.04 Å². The Balaban J connectivity index is 2.14. The summed E-state index contributed by atoms with van der Waals surface area (Å²) in [6.07, 6.45) is 1.50. The van der Waals surface area contributed by atoms with Crippen molar-refractivity contribution in [3.63, 3.8) is 0 Å². The Morgan fingerprint density at radius 2 is 1.81 bits per heavy atom. The fourth-order valence-corrected chi connectivity index (χ4v) is 4.39. The number of carboxylic acid groups (broad SMARTS) is 1. The number of carboxylic acids is 1. The lowest BCUT2D eigenvalue weighted by atomic mass is 9.90. The van der Waals surface area contributed by atoms with Crippen LogP contribution in [0.4, 0.5) is 0 Å². The molecule has 7 heteroatoms. The summed E-state index contributed by atoms with van der Waals surface area (Å²) >= 11 is 0. The van der Waals surface area contributed by atoms with E-state index in [0.29, 0.717) is 49.2 Å². The fraction of sp³-hybridized carbons (Fsp3) is 0.480. The molecule has 1 aliphatic rings. The average molecular weight is 444 g/mol. The van der Waals surface area contributed by atoms with Gasteiger partial charge in [-0.25, -0.2) is 0 Å². The standard InChI is InChI=1S/C25H33NO6/c1-5-31-20-13-12-17(15-22(20)32-6-2)23(26-14-8-9-18(16-26)25(27)28)19-10-7-11-21(29-3)24(19)30-4/h7,10-13,15,18,23H,5-6,8-9,14,16H2,1-4H3,(H,27,28). The Hall–Kier alpha value is -2.93. The van der Waals surface area contributed by atoms with Crippen molar-refractivity contribution in [3.8, 4) is 23.0 Å². The van der Waals surface area contributed by atoms with Crippen molar-refractivity contribution in [1.82, 2.24) is 4.90 Å². The van der Waals surface area contributed by atoms with E-state index in [1.165, 1.54) is 0 Å². The Morgan fingerprint density at radius 1 is 1.06 bits per heavy atom. The molecule has 0 aliphatic carbocycles. The first-order valence-corrected chi connectivity index (χ1v) is 11.1. The molecular formula is C25H33NO6. The normalized spacial score (nSPS) is 17.4. The number of hydrogen-bond acceptors (Lipinski definition) is 6. The van der Waals surface area contributed by atoms with Gasteiger partial charge in [0.1, 0.15) is 0 Å². The molecule has 1 aliphatic heterocycles. The molecule has 32 heavy (non-hydrogen) atoms. The highest BCUT2D eigenvalue weighted by atomic mass is 16.5. The summed E-state index contributed by atoms with van der Waals surface area (Å²) in [6.45, 7) is 6.17. The summed E-state index contributed by atoms with van der Waals surface area (Å²) in [6, 6.07) is 11.5. The third kappa shape index (κ3) is 5.10. The van der Waals surface area contributed by atoms with Gasteiger partial charge in [0, 0.05) is 12.1 Å². The quantitative estimate of drug-likeness (QED) is 0.584. The van der Waals surface area contributed by atoms with Crippen LogP contribution in [-0.4, -0.2) is 56.5 Å². The molecule has 0 saturated carbocycles. The summed E-state index contributed by atoms with van der Waals surface area (Å²) in [5, 5.41) is 9.66. The molecular weight excluding hydrogens is 410 g/mol. The first-order chi connectivity index (χ1) is 15.5. The van der Waals surface area contributed by atoms with Crippen LogP contribution in [-0.2, 0) is 4.79 Å². The zero-order valence-electron chi connectivity index (χ0n) is 19.3. The topological polar surface area (TPSA) is 77.5 Å². The molecule has 3 rings (SSSR count). The maximum absolute atomic E-state index is 11.8. The minimum absolute atomic E-state index is 0.225. The SMILES string of the molecule is CCOc1ccc(C(c2cccc(OC)c2OC)N2CCCC(C(=O)O)C2)cc1OCC. The average Bonchev–Trinajstić information content (AvgIpc) is 2.81. The maximum atomic E-state index is 11.8. The molecule has 2 unspecified atom stereocenters. The smallest absolute Gasteiger partial charge is 0.307 e. The van der Waals surface area contributed by atoms with Gasteiger partial charge in [0.25, 0.3) is 0 Å². The third-order valence-electron chi connectivity index (χ3n) is 5.78. The lowest BCUT2D eigenvalue weighted by Gasteiger charge is -2.38. The number of methoxy groups -OCH3 is 2. The van der Waals surface area contributed by atoms with Crippen molar-refractivity contribution in [1.29, 1.82) is 0 Å². The van der Waals surface area contributed by atoms with E-state index in [9.17, 15) is 9.90 Å². The van der Waals surface area contributed by atoms with E-state index in [1.54, 1.807) is 14.2 Å². The highest BCUT2D eigenvalue weighted by Gasteiger charge is 2.33. The summed E-state index contributed by atoms with van der Waals surface area (Å²) in [5.74, 6) is 1.48. The number of likely N-dealkylation sites (tertiary alicyclic amines) is 1. The largest absolute Gasteiger partial charge is 0.493 e. The number of aliphatic carboxylic acids is 1. The number of rotatable bonds is 10. The van der Waals surface area contributed by atoms with Crippen LogP contribution in [0, 0.1) is 5.92 Å². The van der Waals surface area contributed by atoms with Gasteiger partial charge in [-0.3, -0.25) is 9.69 Å². The number of para-hydroxylation sites is 1. The Morgan fingerprint density at radius 3 is 2.47 bits per heavy atom. The van der Waals surface area contributed by atoms with Crippen LogP contribution in [0.1, 0.15) is 43.9 Å². The van der Waals surface area contributed by atoms with Gasteiger partial charge in [-0.1, -0.05) is 18.2 Å². The van der Waals surface area contributed by atoms with Crippen LogP contribution in [0.5, 0.6) is 23.0 Å². The van der Waals surface area contributed by atoms with Gasteiger partial charge in [-0.2, -0.15) is 0 Å². The van der Waals surface area contributed by atoms with Gasteiger partial charge < -0.3 is 24.1 Å². The second-order valence-corrected chi connectivity index (χ2v) is 7.73. The predicted molar refractivity (Wildman–Crippen MR) is 122 cm³/mol. The summed E-state index contributed by atoms with van der Waals surface area (Å²) in [4.78, 5) is 14.0. The molecule has 1 N–H and O–H groups in total. The third-order valence-corrected chi connectivity index (χ3v) is 5.78. The number of nitrogens with zero attached hydrogens (tertiary/aromatic N) is 1. The minimum atomic E-state index is -0.757. The van der Waals surface area contributed by atoms with E-state index in [1.807, 2.05) is 50.2 Å². The van der Waals surface area contributed by atoms with Crippen LogP contribution in [0.15, 0.2) is 36.4 Å². The molecule has 0 spiro atoms. The number of ether oxygens (including phenoxy) is 4.